The Hall–Kier alpha value is -1.16. The number of benzene rings is 1. The van der Waals surface area contributed by atoms with Crippen LogP contribution in [0.4, 0.5) is 5.69 Å². The van der Waals surface area contributed by atoms with E-state index in [1.807, 2.05) is 38.4 Å². The molecule has 0 bridgehead atoms. The molecule has 0 aliphatic carbocycles. The molecule has 1 aromatic carbocycles. The first-order valence-corrected chi connectivity index (χ1v) is 6.96. The van der Waals surface area contributed by atoms with Crippen LogP contribution in [0.15, 0.2) is 18.2 Å². The molecule has 2 N–H and O–H groups in total. The van der Waals surface area contributed by atoms with E-state index in [9.17, 15) is 4.79 Å². The molecule has 1 aromatic rings. The Morgan fingerprint density at radius 3 is 2.71 bits per heavy atom. The predicted molar refractivity (Wildman–Crippen MR) is 76.0 cm³/mol. The lowest BCUT2D eigenvalue weighted by Gasteiger charge is -2.11. The van der Waals surface area contributed by atoms with E-state index < -0.39 is 0 Å². The third-order valence-corrected chi connectivity index (χ3v) is 3.68. The summed E-state index contributed by atoms with van der Waals surface area (Å²) in [6, 6.07) is 5.69. The van der Waals surface area contributed by atoms with E-state index in [0.717, 1.165) is 16.8 Å². The fourth-order valence-electron chi connectivity index (χ4n) is 1.51. The Labute approximate surface area is 107 Å². The summed E-state index contributed by atoms with van der Waals surface area (Å²) in [4.78, 5) is 11.9. The molecule has 0 aliphatic heterocycles. The van der Waals surface area contributed by atoms with Gasteiger partial charge in [0, 0.05) is 30.1 Å². The average molecular weight is 252 g/mol. The number of rotatable bonds is 5. The highest BCUT2D eigenvalue weighted by Crippen LogP contribution is 2.15. The largest absolute Gasteiger partial charge is 0.388 e. The zero-order chi connectivity index (χ0) is 12.8. The molecule has 4 heteroatoms. The zero-order valence-electron chi connectivity index (χ0n) is 10.8. The van der Waals surface area contributed by atoms with Crippen molar-refractivity contribution in [3.05, 3.63) is 29.3 Å². The second-order valence-electron chi connectivity index (χ2n) is 4.04. The van der Waals surface area contributed by atoms with Gasteiger partial charge in [-0.3, -0.25) is 4.79 Å². The maximum Gasteiger partial charge on any atom is 0.251 e. The fourth-order valence-corrected chi connectivity index (χ4v) is 1.76. The number of amides is 1. The lowest BCUT2D eigenvalue weighted by Crippen LogP contribution is -2.29. The molecule has 17 heavy (non-hydrogen) atoms. The van der Waals surface area contributed by atoms with Crippen molar-refractivity contribution in [2.45, 2.75) is 19.1 Å². The quantitative estimate of drug-likeness (QED) is 0.846. The normalized spacial score (nSPS) is 12.0. The number of aryl methyl sites for hydroxylation is 1. The summed E-state index contributed by atoms with van der Waals surface area (Å²) in [6.45, 7) is 4.79. The van der Waals surface area contributed by atoms with Gasteiger partial charge in [-0.1, -0.05) is 6.92 Å². The summed E-state index contributed by atoms with van der Waals surface area (Å²) >= 11 is 1.75. The monoisotopic (exact) mass is 252 g/mol. The SMILES string of the molecule is CNc1ccc(C(=O)NCC(C)SC)cc1C. The van der Waals surface area contributed by atoms with Crippen LogP contribution in [0.1, 0.15) is 22.8 Å². The number of carbonyl (C=O) groups excluding carboxylic acids is 1. The van der Waals surface area contributed by atoms with Crippen LogP contribution in [0.3, 0.4) is 0 Å². The van der Waals surface area contributed by atoms with Crippen LogP contribution in [0.25, 0.3) is 0 Å². The summed E-state index contributed by atoms with van der Waals surface area (Å²) in [5, 5.41) is 6.46. The van der Waals surface area contributed by atoms with Crippen LogP contribution in [0.5, 0.6) is 0 Å². The van der Waals surface area contributed by atoms with Crippen molar-refractivity contribution in [2.75, 3.05) is 25.2 Å². The Bertz CT molecular complexity index is 393. The molecule has 0 spiro atoms. The van der Waals surface area contributed by atoms with Gasteiger partial charge in [-0.15, -0.1) is 0 Å². The van der Waals surface area contributed by atoms with E-state index in [1.165, 1.54) is 0 Å². The lowest BCUT2D eigenvalue weighted by molar-refractivity contribution is 0.0954. The summed E-state index contributed by atoms with van der Waals surface area (Å²) < 4.78 is 0. The Morgan fingerprint density at radius 2 is 2.18 bits per heavy atom. The molecule has 0 saturated carbocycles. The van der Waals surface area contributed by atoms with Gasteiger partial charge in [-0.2, -0.15) is 11.8 Å². The minimum Gasteiger partial charge on any atom is -0.388 e. The minimum absolute atomic E-state index is 0.00310. The summed E-state index contributed by atoms with van der Waals surface area (Å²) in [5.74, 6) is -0.00310. The first-order chi connectivity index (χ1) is 8.08. The Kier molecular flexibility index (Phi) is 5.35. The van der Waals surface area contributed by atoms with Crippen LogP contribution in [0, 0.1) is 6.92 Å². The third-order valence-electron chi connectivity index (χ3n) is 2.71. The van der Waals surface area contributed by atoms with E-state index in [2.05, 4.69) is 17.6 Å². The minimum atomic E-state index is -0.00310. The van der Waals surface area contributed by atoms with E-state index in [-0.39, 0.29) is 5.91 Å². The van der Waals surface area contributed by atoms with E-state index >= 15 is 0 Å². The molecule has 0 saturated heterocycles. The van der Waals surface area contributed by atoms with Crippen molar-refractivity contribution in [3.8, 4) is 0 Å². The van der Waals surface area contributed by atoms with Gasteiger partial charge in [0.25, 0.3) is 5.91 Å². The van der Waals surface area contributed by atoms with E-state index in [4.69, 9.17) is 0 Å². The van der Waals surface area contributed by atoms with Gasteiger partial charge in [0.2, 0.25) is 0 Å². The molecule has 0 fully saturated rings. The van der Waals surface area contributed by atoms with Gasteiger partial charge >= 0.3 is 0 Å². The maximum absolute atomic E-state index is 11.9. The summed E-state index contributed by atoms with van der Waals surface area (Å²) in [6.07, 6.45) is 2.04. The van der Waals surface area contributed by atoms with Crippen LogP contribution in [-0.4, -0.2) is 31.0 Å². The van der Waals surface area contributed by atoms with Crippen molar-refractivity contribution >= 4 is 23.4 Å². The standard InChI is InChI=1S/C13H20N2OS/c1-9-7-11(5-6-12(9)14-3)13(16)15-8-10(2)17-4/h5-7,10,14H,8H2,1-4H3,(H,15,16). The van der Waals surface area contributed by atoms with Gasteiger partial charge in [-0.25, -0.2) is 0 Å². The molecule has 0 heterocycles. The first-order valence-electron chi connectivity index (χ1n) is 5.68. The van der Waals surface area contributed by atoms with Gasteiger partial charge in [0.1, 0.15) is 0 Å². The van der Waals surface area contributed by atoms with Crippen LogP contribution < -0.4 is 10.6 Å². The van der Waals surface area contributed by atoms with Crippen molar-refractivity contribution < 1.29 is 4.79 Å². The molecule has 0 aliphatic rings. The molecule has 0 radical (unpaired) electrons. The van der Waals surface area contributed by atoms with Gasteiger partial charge in [0.05, 0.1) is 0 Å². The predicted octanol–water partition coefficient (Wildman–Crippen LogP) is 2.52. The molecular weight excluding hydrogens is 232 g/mol. The van der Waals surface area contributed by atoms with Gasteiger partial charge in [-0.05, 0) is 36.9 Å². The van der Waals surface area contributed by atoms with Gasteiger partial charge < -0.3 is 10.6 Å². The molecule has 3 nitrogen and oxygen atoms in total. The smallest absolute Gasteiger partial charge is 0.251 e. The third kappa shape index (κ3) is 3.97. The molecule has 94 valence electrons. The first kappa shape index (κ1) is 13.9. The van der Waals surface area contributed by atoms with Crippen LogP contribution in [-0.2, 0) is 0 Å². The highest BCUT2D eigenvalue weighted by atomic mass is 32.2. The highest BCUT2D eigenvalue weighted by Gasteiger charge is 2.08. The summed E-state index contributed by atoms with van der Waals surface area (Å²) in [7, 11) is 1.88. The van der Waals surface area contributed by atoms with Crippen molar-refractivity contribution in [1.29, 1.82) is 0 Å². The molecule has 1 atom stereocenters. The molecule has 1 unspecified atom stereocenters. The Morgan fingerprint density at radius 1 is 1.47 bits per heavy atom. The molecule has 1 amide bonds. The van der Waals surface area contributed by atoms with Crippen molar-refractivity contribution in [2.24, 2.45) is 0 Å². The lowest BCUT2D eigenvalue weighted by atomic mass is 10.1. The number of thioether (sulfide) groups is 1. The topological polar surface area (TPSA) is 41.1 Å². The average Bonchev–Trinajstić information content (AvgIpc) is 2.35. The zero-order valence-corrected chi connectivity index (χ0v) is 11.6. The number of hydrogen-bond acceptors (Lipinski definition) is 3. The second-order valence-corrected chi connectivity index (χ2v) is 5.31. The summed E-state index contributed by atoms with van der Waals surface area (Å²) in [5.41, 5.74) is 2.85. The van der Waals surface area contributed by atoms with Crippen LogP contribution in [0.2, 0.25) is 0 Å². The number of anilines is 1. The number of carbonyl (C=O) groups is 1. The molecule has 1 rings (SSSR count). The fraction of sp³-hybridized carbons (Fsp3) is 0.462. The molecule has 0 aromatic heterocycles. The van der Waals surface area contributed by atoms with E-state index in [0.29, 0.717) is 11.8 Å². The molecular formula is C13H20N2OS. The van der Waals surface area contributed by atoms with Gasteiger partial charge in [0.15, 0.2) is 0 Å². The van der Waals surface area contributed by atoms with Crippen molar-refractivity contribution in [3.63, 3.8) is 0 Å². The second kappa shape index (κ2) is 6.55. The number of nitrogens with one attached hydrogen (secondary N) is 2. The van der Waals surface area contributed by atoms with E-state index in [1.54, 1.807) is 11.8 Å². The Balaban J connectivity index is 2.66. The van der Waals surface area contributed by atoms with Crippen molar-refractivity contribution in [1.82, 2.24) is 5.32 Å². The van der Waals surface area contributed by atoms with Crippen LogP contribution >= 0.6 is 11.8 Å². The highest BCUT2D eigenvalue weighted by molar-refractivity contribution is 7.99. The number of hydrogen-bond donors (Lipinski definition) is 2. The maximum atomic E-state index is 11.9.